The number of hydrogen-bond acceptors (Lipinski definition) is 2. The van der Waals surface area contributed by atoms with E-state index in [-0.39, 0.29) is 0 Å². The first kappa shape index (κ1) is 13.7. The first-order chi connectivity index (χ1) is 9.20. The number of rotatable bonds is 5. The third-order valence-corrected chi connectivity index (χ3v) is 3.75. The van der Waals surface area contributed by atoms with E-state index in [2.05, 4.69) is 24.0 Å². The van der Waals surface area contributed by atoms with Crippen LogP contribution in [0.25, 0.3) is 6.08 Å². The van der Waals surface area contributed by atoms with Crippen LogP contribution in [0, 0.1) is 0 Å². The van der Waals surface area contributed by atoms with Crippen LogP contribution in [0.1, 0.15) is 38.2 Å². The molecular formula is C16H21NO2. The van der Waals surface area contributed by atoms with Crippen LogP contribution in [0.3, 0.4) is 0 Å². The Kier molecular flexibility index (Phi) is 4.61. The van der Waals surface area contributed by atoms with Crippen molar-refractivity contribution in [2.24, 2.45) is 0 Å². The highest BCUT2D eigenvalue weighted by Gasteiger charge is 2.21. The number of aliphatic carboxylic acids is 1. The summed E-state index contributed by atoms with van der Waals surface area (Å²) in [6.45, 7) is 3.21. The Labute approximate surface area is 114 Å². The molecule has 1 aromatic carbocycles. The third-order valence-electron chi connectivity index (χ3n) is 3.75. The number of carbonyl (C=O) groups is 1. The van der Waals surface area contributed by atoms with Crippen molar-refractivity contribution in [3.63, 3.8) is 0 Å². The molecule has 102 valence electrons. The van der Waals surface area contributed by atoms with Crippen LogP contribution in [0.2, 0.25) is 0 Å². The maximum atomic E-state index is 10.5. The van der Waals surface area contributed by atoms with Gasteiger partial charge in [0.05, 0.1) is 0 Å². The summed E-state index contributed by atoms with van der Waals surface area (Å²) in [6, 6.07) is 8.80. The Balaban J connectivity index is 2.09. The van der Waals surface area contributed by atoms with Crippen LogP contribution in [-0.2, 0) is 4.79 Å². The molecule has 1 fully saturated rings. The van der Waals surface area contributed by atoms with Crippen LogP contribution >= 0.6 is 0 Å². The Morgan fingerprint density at radius 1 is 1.32 bits per heavy atom. The zero-order valence-electron chi connectivity index (χ0n) is 11.4. The van der Waals surface area contributed by atoms with Gasteiger partial charge in [-0.1, -0.05) is 25.0 Å². The smallest absolute Gasteiger partial charge is 0.328 e. The normalized spacial score (nSPS) is 16.1. The molecule has 1 saturated carbocycles. The molecule has 1 N–H and O–H groups in total. The molecule has 2 rings (SSSR count). The lowest BCUT2D eigenvalue weighted by molar-refractivity contribution is -0.131. The largest absolute Gasteiger partial charge is 0.478 e. The lowest BCUT2D eigenvalue weighted by Crippen LogP contribution is -2.32. The van der Waals surface area contributed by atoms with Crippen molar-refractivity contribution in [3.8, 4) is 0 Å². The summed E-state index contributed by atoms with van der Waals surface area (Å²) < 4.78 is 0. The van der Waals surface area contributed by atoms with E-state index >= 15 is 0 Å². The second-order valence-corrected chi connectivity index (χ2v) is 4.99. The molecule has 1 aliphatic carbocycles. The van der Waals surface area contributed by atoms with Crippen molar-refractivity contribution in [2.75, 3.05) is 11.4 Å². The number of benzene rings is 1. The van der Waals surface area contributed by atoms with Crippen LogP contribution < -0.4 is 4.90 Å². The van der Waals surface area contributed by atoms with Gasteiger partial charge in [-0.3, -0.25) is 0 Å². The Morgan fingerprint density at radius 2 is 1.95 bits per heavy atom. The van der Waals surface area contributed by atoms with E-state index in [1.165, 1.54) is 37.4 Å². The lowest BCUT2D eigenvalue weighted by atomic mass is 10.1. The van der Waals surface area contributed by atoms with Crippen molar-refractivity contribution in [1.82, 2.24) is 0 Å². The van der Waals surface area contributed by atoms with Crippen LogP contribution in [0.4, 0.5) is 5.69 Å². The van der Waals surface area contributed by atoms with Gasteiger partial charge >= 0.3 is 5.97 Å². The first-order valence-corrected chi connectivity index (χ1v) is 6.98. The molecule has 1 aliphatic rings. The number of carboxylic acid groups (broad SMARTS) is 1. The minimum Gasteiger partial charge on any atom is -0.478 e. The highest BCUT2D eigenvalue weighted by Crippen LogP contribution is 2.28. The zero-order chi connectivity index (χ0) is 13.7. The molecule has 0 atom stereocenters. The Hall–Kier alpha value is -1.77. The first-order valence-electron chi connectivity index (χ1n) is 6.98. The fraction of sp³-hybridized carbons (Fsp3) is 0.438. The van der Waals surface area contributed by atoms with E-state index in [0.717, 1.165) is 12.1 Å². The van der Waals surface area contributed by atoms with Gasteiger partial charge in [-0.05, 0) is 43.5 Å². The van der Waals surface area contributed by atoms with Gasteiger partial charge < -0.3 is 10.0 Å². The molecule has 0 spiro atoms. The summed E-state index contributed by atoms with van der Waals surface area (Å²) in [5, 5.41) is 8.60. The summed E-state index contributed by atoms with van der Waals surface area (Å²) in [7, 11) is 0. The number of anilines is 1. The van der Waals surface area contributed by atoms with Crippen molar-refractivity contribution in [3.05, 3.63) is 35.9 Å². The zero-order valence-corrected chi connectivity index (χ0v) is 11.4. The SMILES string of the molecule is CCN(c1ccc(/C=C/C(=O)O)cc1)C1CCCC1. The van der Waals surface area contributed by atoms with Gasteiger partial charge in [0.25, 0.3) is 0 Å². The van der Waals surface area contributed by atoms with Gasteiger partial charge in [0.15, 0.2) is 0 Å². The summed E-state index contributed by atoms with van der Waals surface area (Å²) in [5.74, 6) is -0.912. The molecule has 19 heavy (non-hydrogen) atoms. The Bertz CT molecular complexity index is 444. The fourth-order valence-electron chi connectivity index (χ4n) is 2.81. The van der Waals surface area contributed by atoms with Crippen molar-refractivity contribution in [2.45, 2.75) is 38.6 Å². The van der Waals surface area contributed by atoms with Crippen molar-refractivity contribution < 1.29 is 9.90 Å². The predicted octanol–water partition coefficient (Wildman–Crippen LogP) is 3.55. The molecule has 0 unspecified atom stereocenters. The molecule has 0 aliphatic heterocycles. The van der Waals surface area contributed by atoms with E-state index in [4.69, 9.17) is 5.11 Å². The van der Waals surface area contributed by atoms with E-state index < -0.39 is 5.97 Å². The molecule has 3 heteroatoms. The number of hydrogen-bond donors (Lipinski definition) is 1. The quantitative estimate of drug-likeness (QED) is 0.822. The van der Waals surface area contributed by atoms with E-state index in [1.54, 1.807) is 6.08 Å². The highest BCUT2D eigenvalue weighted by molar-refractivity contribution is 5.85. The van der Waals surface area contributed by atoms with Gasteiger partial charge in [-0.25, -0.2) is 4.79 Å². The molecule has 0 saturated heterocycles. The average Bonchev–Trinajstić information content (AvgIpc) is 2.92. The minimum absolute atomic E-state index is 0.672. The maximum absolute atomic E-state index is 10.5. The molecule has 0 aromatic heterocycles. The lowest BCUT2D eigenvalue weighted by Gasteiger charge is -2.30. The average molecular weight is 259 g/mol. The predicted molar refractivity (Wildman–Crippen MR) is 78.4 cm³/mol. The Morgan fingerprint density at radius 3 is 2.47 bits per heavy atom. The molecule has 0 heterocycles. The molecule has 1 aromatic rings. The topological polar surface area (TPSA) is 40.5 Å². The summed E-state index contributed by atoms with van der Waals surface area (Å²) in [4.78, 5) is 12.9. The van der Waals surface area contributed by atoms with Crippen LogP contribution in [-0.4, -0.2) is 23.7 Å². The summed E-state index contributed by atoms with van der Waals surface area (Å²) in [5.41, 5.74) is 2.16. The fourth-order valence-corrected chi connectivity index (χ4v) is 2.81. The molecule has 0 radical (unpaired) electrons. The second kappa shape index (κ2) is 6.41. The van der Waals surface area contributed by atoms with Gasteiger partial charge in [0.1, 0.15) is 0 Å². The van der Waals surface area contributed by atoms with Crippen molar-refractivity contribution >= 4 is 17.7 Å². The molecule has 0 amide bonds. The monoisotopic (exact) mass is 259 g/mol. The number of nitrogens with zero attached hydrogens (tertiary/aromatic N) is 1. The molecule has 3 nitrogen and oxygen atoms in total. The minimum atomic E-state index is -0.912. The summed E-state index contributed by atoms with van der Waals surface area (Å²) in [6.07, 6.45) is 8.03. The van der Waals surface area contributed by atoms with Gasteiger partial charge in [0.2, 0.25) is 0 Å². The van der Waals surface area contributed by atoms with Gasteiger partial charge in [0, 0.05) is 24.4 Å². The second-order valence-electron chi connectivity index (χ2n) is 4.99. The van der Waals surface area contributed by atoms with Gasteiger partial charge in [-0.2, -0.15) is 0 Å². The summed E-state index contributed by atoms with van der Waals surface area (Å²) >= 11 is 0. The highest BCUT2D eigenvalue weighted by atomic mass is 16.4. The van der Waals surface area contributed by atoms with E-state index in [1.807, 2.05) is 12.1 Å². The van der Waals surface area contributed by atoms with Crippen LogP contribution in [0.5, 0.6) is 0 Å². The number of carboxylic acids is 1. The van der Waals surface area contributed by atoms with Gasteiger partial charge in [-0.15, -0.1) is 0 Å². The van der Waals surface area contributed by atoms with E-state index in [0.29, 0.717) is 6.04 Å². The standard InChI is InChI=1S/C16H21NO2/c1-2-17(14-5-3-4-6-14)15-10-7-13(8-11-15)9-12-16(18)19/h7-12,14H,2-6H2,1H3,(H,18,19)/b12-9+. The maximum Gasteiger partial charge on any atom is 0.328 e. The van der Waals surface area contributed by atoms with Crippen molar-refractivity contribution in [1.29, 1.82) is 0 Å². The van der Waals surface area contributed by atoms with Crippen LogP contribution in [0.15, 0.2) is 30.3 Å². The van der Waals surface area contributed by atoms with E-state index in [9.17, 15) is 4.79 Å². The molecule has 0 bridgehead atoms. The third kappa shape index (κ3) is 3.60. The molecular weight excluding hydrogens is 238 g/mol.